The Morgan fingerprint density at radius 3 is 1.98 bits per heavy atom. The lowest BCUT2D eigenvalue weighted by atomic mass is 9.84. The first-order valence-electron chi connectivity index (χ1n) is 16.1. The second-order valence-electron chi connectivity index (χ2n) is 15.9. The molecule has 252 valence electrons. The number of piperidine rings is 1. The molecule has 12 heteroatoms. The van der Waals surface area contributed by atoms with E-state index in [9.17, 15) is 28.8 Å². The van der Waals surface area contributed by atoms with Gasteiger partial charge in [0.25, 0.3) is 5.91 Å². The standard InChI is InChI=1S/C34H50N6O6/c1-32(2,3)25(29(44)36-16-18-12-10-9-11-13-18)38-31(46)39-26(33(4,5)6)30(45)40-17-20-21(34(20,7)8)23(40)28(43)37-22(19-14-15-19)24(41)27(35)42/h9-13,19-23,25-26H,14-17H2,1-8H3,(H2,35,42)(H,36,44)(H,37,43)(H2,38,39,46)/t20-,21-,22?,23-,25+,26+/m0/s1. The number of likely N-dealkylation sites (tertiary alicyclic amines) is 1. The summed E-state index contributed by atoms with van der Waals surface area (Å²) in [7, 11) is 0. The minimum absolute atomic E-state index is 0.0615. The Balaban J connectivity index is 1.50. The molecule has 0 radical (unpaired) electrons. The number of carbonyl (C=O) groups is 6. The number of amides is 6. The zero-order chi connectivity index (χ0) is 34.4. The van der Waals surface area contributed by atoms with Gasteiger partial charge in [0, 0.05) is 13.1 Å². The lowest BCUT2D eigenvalue weighted by molar-refractivity contribution is -0.145. The normalized spacial score (nSPS) is 23.7. The molecule has 3 fully saturated rings. The number of rotatable bonds is 11. The van der Waals surface area contributed by atoms with Crippen molar-refractivity contribution < 1.29 is 28.8 Å². The molecule has 0 aromatic heterocycles. The lowest BCUT2D eigenvalue weighted by Crippen LogP contribution is -2.63. The van der Waals surface area contributed by atoms with Gasteiger partial charge in [-0.15, -0.1) is 0 Å². The molecular weight excluding hydrogens is 588 g/mol. The van der Waals surface area contributed by atoms with Gasteiger partial charge in [-0.1, -0.05) is 85.7 Å². The third-order valence-electron chi connectivity index (χ3n) is 9.78. The van der Waals surface area contributed by atoms with E-state index in [-0.39, 0.29) is 29.1 Å². The Morgan fingerprint density at radius 2 is 1.46 bits per heavy atom. The number of urea groups is 1. The van der Waals surface area contributed by atoms with Crippen molar-refractivity contribution in [3.63, 3.8) is 0 Å². The van der Waals surface area contributed by atoms with E-state index in [1.807, 2.05) is 85.7 Å². The molecule has 6 N–H and O–H groups in total. The lowest BCUT2D eigenvalue weighted by Gasteiger charge is -2.38. The van der Waals surface area contributed by atoms with Crippen LogP contribution in [0.1, 0.15) is 73.8 Å². The Bertz CT molecular complexity index is 1380. The number of carbonyl (C=O) groups excluding carboxylic acids is 6. The predicted octanol–water partition coefficient (Wildman–Crippen LogP) is 1.86. The summed E-state index contributed by atoms with van der Waals surface area (Å²) in [5, 5.41) is 11.2. The summed E-state index contributed by atoms with van der Waals surface area (Å²) in [4.78, 5) is 80.5. The number of Topliss-reactive ketones (excluding diaryl/α,β-unsaturated/α-hetero) is 1. The van der Waals surface area contributed by atoms with Gasteiger partial charge in [-0.2, -0.15) is 0 Å². The molecule has 2 aliphatic carbocycles. The van der Waals surface area contributed by atoms with Crippen LogP contribution < -0.4 is 27.0 Å². The minimum Gasteiger partial charge on any atom is -0.363 e. The Morgan fingerprint density at radius 1 is 0.891 bits per heavy atom. The van der Waals surface area contributed by atoms with Crippen LogP contribution in [0.5, 0.6) is 0 Å². The number of fused-ring (bicyclic) bond motifs is 1. The van der Waals surface area contributed by atoms with Crippen LogP contribution in [-0.2, 0) is 30.5 Å². The van der Waals surface area contributed by atoms with Crippen LogP contribution >= 0.6 is 0 Å². The van der Waals surface area contributed by atoms with Gasteiger partial charge in [-0.05, 0) is 52.4 Å². The number of benzene rings is 1. The van der Waals surface area contributed by atoms with Gasteiger partial charge in [0.1, 0.15) is 24.2 Å². The van der Waals surface area contributed by atoms with Gasteiger partial charge in [-0.3, -0.25) is 24.0 Å². The average Bonchev–Trinajstić information content (AvgIpc) is 3.83. The highest BCUT2D eigenvalue weighted by molar-refractivity contribution is 6.38. The quantitative estimate of drug-likeness (QED) is 0.231. The molecule has 1 saturated heterocycles. The van der Waals surface area contributed by atoms with Crippen molar-refractivity contribution in [2.45, 2.75) is 98.9 Å². The molecule has 1 aromatic carbocycles. The third kappa shape index (κ3) is 7.53. The summed E-state index contributed by atoms with van der Waals surface area (Å²) < 4.78 is 0. The topological polar surface area (TPSA) is 180 Å². The number of ketones is 1. The highest BCUT2D eigenvalue weighted by Gasteiger charge is 2.70. The summed E-state index contributed by atoms with van der Waals surface area (Å²) in [6.45, 7) is 15.6. The van der Waals surface area contributed by atoms with Crippen LogP contribution in [0.4, 0.5) is 4.79 Å². The van der Waals surface area contributed by atoms with E-state index in [4.69, 9.17) is 5.73 Å². The van der Waals surface area contributed by atoms with Gasteiger partial charge < -0.3 is 31.9 Å². The first kappa shape index (κ1) is 34.9. The molecule has 0 spiro atoms. The zero-order valence-corrected chi connectivity index (χ0v) is 28.2. The van der Waals surface area contributed by atoms with E-state index < -0.39 is 64.5 Å². The molecule has 0 bridgehead atoms. The van der Waals surface area contributed by atoms with Crippen molar-refractivity contribution in [1.29, 1.82) is 0 Å². The second kappa shape index (κ2) is 12.7. The van der Waals surface area contributed by atoms with Gasteiger partial charge in [-0.25, -0.2) is 4.79 Å². The van der Waals surface area contributed by atoms with Crippen LogP contribution in [0.25, 0.3) is 0 Å². The Kier molecular flexibility index (Phi) is 9.62. The fraction of sp³-hybridized carbons (Fsp3) is 0.647. The van der Waals surface area contributed by atoms with Crippen molar-refractivity contribution in [2.75, 3.05) is 6.54 Å². The first-order chi connectivity index (χ1) is 21.2. The molecule has 1 heterocycles. The molecule has 6 atom stereocenters. The molecule has 2 saturated carbocycles. The molecule has 4 rings (SSSR count). The second-order valence-corrected chi connectivity index (χ2v) is 15.9. The predicted molar refractivity (Wildman–Crippen MR) is 172 cm³/mol. The maximum absolute atomic E-state index is 14.3. The maximum atomic E-state index is 14.3. The van der Waals surface area contributed by atoms with Crippen LogP contribution in [-0.4, -0.2) is 71.1 Å². The zero-order valence-electron chi connectivity index (χ0n) is 28.2. The van der Waals surface area contributed by atoms with E-state index in [1.165, 1.54) is 4.90 Å². The highest BCUT2D eigenvalue weighted by Crippen LogP contribution is 2.65. The fourth-order valence-electron chi connectivity index (χ4n) is 6.71. The molecule has 6 amide bonds. The van der Waals surface area contributed by atoms with Crippen molar-refractivity contribution in [1.82, 2.24) is 26.2 Å². The average molecular weight is 639 g/mol. The summed E-state index contributed by atoms with van der Waals surface area (Å²) >= 11 is 0. The summed E-state index contributed by atoms with van der Waals surface area (Å²) in [5.41, 5.74) is 4.58. The maximum Gasteiger partial charge on any atom is 0.316 e. The van der Waals surface area contributed by atoms with E-state index in [0.717, 1.165) is 5.56 Å². The molecule has 46 heavy (non-hydrogen) atoms. The van der Waals surface area contributed by atoms with E-state index in [1.54, 1.807) is 0 Å². The number of primary amides is 1. The van der Waals surface area contributed by atoms with Crippen molar-refractivity contribution in [3.05, 3.63) is 35.9 Å². The van der Waals surface area contributed by atoms with Gasteiger partial charge in [0.15, 0.2) is 0 Å². The van der Waals surface area contributed by atoms with Gasteiger partial charge >= 0.3 is 6.03 Å². The van der Waals surface area contributed by atoms with E-state index in [2.05, 4.69) is 21.3 Å². The summed E-state index contributed by atoms with van der Waals surface area (Å²) in [5.74, 6) is -3.49. The van der Waals surface area contributed by atoms with Gasteiger partial charge in [0.2, 0.25) is 23.5 Å². The van der Waals surface area contributed by atoms with Crippen molar-refractivity contribution >= 4 is 35.4 Å². The number of nitrogens with one attached hydrogen (secondary N) is 4. The number of hydrogen-bond acceptors (Lipinski definition) is 6. The van der Waals surface area contributed by atoms with Crippen LogP contribution in [0.2, 0.25) is 0 Å². The minimum atomic E-state index is -1.11. The van der Waals surface area contributed by atoms with Crippen molar-refractivity contribution in [3.8, 4) is 0 Å². The smallest absolute Gasteiger partial charge is 0.316 e. The number of nitrogens with zero attached hydrogens (tertiary/aromatic N) is 1. The van der Waals surface area contributed by atoms with Crippen LogP contribution in [0.15, 0.2) is 30.3 Å². The third-order valence-corrected chi connectivity index (χ3v) is 9.78. The Hall–Kier alpha value is -3.96. The molecule has 12 nitrogen and oxygen atoms in total. The fourth-order valence-corrected chi connectivity index (χ4v) is 6.71. The number of hydrogen-bond donors (Lipinski definition) is 5. The van der Waals surface area contributed by atoms with E-state index >= 15 is 0 Å². The first-order valence-corrected chi connectivity index (χ1v) is 16.1. The largest absolute Gasteiger partial charge is 0.363 e. The summed E-state index contributed by atoms with van der Waals surface area (Å²) in [6, 6.07) is 4.90. The molecule has 3 aliphatic rings. The Labute approximate surface area is 271 Å². The number of nitrogens with two attached hydrogens (primary N) is 1. The SMILES string of the molecule is CC(C)(C)[C@H](NC(=O)N[C@H](C(=O)N1C[C@H]2[C@@H]([C@H]1C(=O)NC(C(=O)C(N)=O)C1CC1)C2(C)C)C(C)(C)C)C(=O)NCc1ccccc1. The molecule has 1 aromatic rings. The van der Waals surface area contributed by atoms with E-state index in [0.29, 0.717) is 25.9 Å². The van der Waals surface area contributed by atoms with Crippen LogP contribution in [0, 0.1) is 34.0 Å². The highest BCUT2D eigenvalue weighted by atomic mass is 16.2. The van der Waals surface area contributed by atoms with Crippen LogP contribution in [0.3, 0.4) is 0 Å². The van der Waals surface area contributed by atoms with Gasteiger partial charge in [0.05, 0.1) is 0 Å². The molecule has 1 unspecified atom stereocenters. The molecule has 1 aliphatic heterocycles. The summed E-state index contributed by atoms with van der Waals surface area (Å²) in [6.07, 6.45) is 1.39. The monoisotopic (exact) mass is 638 g/mol. The molecular formula is C34H50N6O6. The van der Waals surface area contributed by atoms with Crippen molar-refractivity contribution in [2.24, 2.45) is 39.7 Å².